The van der Waals surface area contributed by atoms with Crippen molar-refractivity contribution in [1.82, 2.24) is 4.98 Å². The van der Waals surface area contributed by atoms with E-state index in [1.165, 1.54) is 13.2 Å². The molecule has 0 aliphatic heterocycles. The third kappa shape index (κ3) is 3.80. The molecule has 1 unspecified atom stereocenters. The normalized spacial score (nSPS) is 12.1. The van der Waals surface area contributed by atoms with E-state index in [0.29, 0.717) is 27.9 Å². The van der Waals surface area contributed by atoms with Crippen LogP contribution in [0.25, 0.3) is 21.8 Å². The topological polar surface area (TPSA) is 94.4 Å². The van der Waals surface area contributed by atoms with Crippen molar-refractivity contribution in [2.45, 2.75) is 13.0 Å². The van der Waals surface area contributed by atoms with Crippen LogP contribution in [0.4, 0.5) is 11.4 Å². The van der Waals surface area contributed by atoms with E-state index in [9.17, 15) is 14.9 Å². The first-order valence-electron chi connectivity index (χ1n) is 8.44. The molecule has 0 saturated heterocycles. The summed E-state index contributed by atoms with van der Waals surface area (Å²) >= 11 is 1.59. The molecule has 3 aromatic rings. The summed E-state index contributed by atoms with van der Waals surface area (Å²) < 4.78 is 4.92. The zero-order valence-corrected chi connectivity index (χ0v) is 15.8. The predicted octanol–water partition coefficient (Wildman–Crippen LogP) is 4.00. The highest BCUT2D eigenvalue weighted by Gasteiger charge is 2.24. The van der Waals surface area contributed by atoms with Crippen molar-refractivity contribution >= 4 is 50.9 Å². The number of pyridine rings is 1. The molecular weight excluding hydrogens is 366 g/mol. The first kappa shape index (κ1) is 18.9. The van der Waals surface area contributed by atoms with Gasteiger partial charge < -0.3 is 10.1 Å². The number of ether oxygens (including phenoxy) is 1. The van der Waals surface area contributed by atoms with Crippen LogP contribution in [0.1, 0.15) is 6.92 Å². The highest BCUT2D eigenvalue weighted by molar-refractivity contribution is 7.99. The van der Waals surface area contributed by atoms with Crippen molar-refractivity contribution in [2.24, 2.45) is 0 Å². The van der Waals surface area contributed by atoms with E-state index in [0.717, 1.165) is 11.1 Å². The van der Waals surface area contributed by atoms with Gasteiger partial charge in [0.05, 0.1) is 28.8 Å². The van der Waals surface area contributed by atoms with E-state index in [-0.39, 0.29) is 5.69 Å². The lowest BCUT2D eigenvalue weighted by Gasteiger charge is -2.20. The fraction of sp³-hybridized carbons (Fsp3) is 0.263. The average Bonchev–Trinajstić information content (AvgIpc) is 2.69. The molecule has 3 rings (SSSR count). The van der Waals surface area contributed by atoms with Crippen LogP contribution in [0.2, 0.25) is 0 Å². The van der Waals surface area contributed by atoms with Gasteiger partial charge in [0.15, 0.2) is 0 Å². The summed E-state index contributed by atoms with van der Waals surface area (Å²) in [7, 11) is 1.33. The number of fused-ring (bicyclic) bond motifs is 2. The Labute approximate surface area is 160 Å². The zero-order chi connectivity index (χ0) is 19.4. The standard InChI is InChI=1S/C19H19N3O4S/c1-3-27-11-15(19(23)26-2)21-18-12-7-4-5-8-13(12)20-14-9-6-10-16(17(14)18)22(24)25/h4-10,15H,3,11H2,1-2H3,(H,20,21). The molecule has 1 atom stereocenters. The SMILES string of the molecule is CCSCC(Nc1c2ccccc2nc2cccc([N+](=O)[O-])c12)C(=O)OC. The van der Waals surface area contributed by atoms with Crippen molar-refractivity contribution < 1.29 is 14.5 Å². The molecule has 2 aromatic carbocycles. The van der Waals surface area contributed by atoms with Crippen LogP contribution in [-0.4, -0.2) is 40.5 Å². The number of anilines is 1. The van der Waals surface area contributed by atoms with Gasteiger partial charge in [-0.1, -0.05) is 31.2 Å². The quantitative estimate of drug-likeness (QED) is 0.284. The second-order valence-corrected chi connectivity index (χ2v) is 7.13. The summed E-state index contributed by atoms with van der Waals surface area (Å²) in [5.41, 5.74) is 1.66. The Hall–Kier alpha value is -2.87. The van der Waals surface area contributed by atoms with Crippen LogP contribution in [0.5, 0.6) is 0 Å². The number of thioether (sulfide) groups is 1. The Morgan fingerprint density at radius 3 is 2.70 bits per heavy atom. The zero-order valence-electron chi connectivity index (χ0n) is 15.0. The van der Waals surface area contributed by atoms with E-state index < -0.39 is 16.9 Å². The fourth-order valence-corrected chi connectivity index (χ4v) is 3.64. The number of benzene rings is 2. The summed E-state index contributed by atoms with van der Waals surface area (Å²) in [6, 6.07) is 11.5. The van der Waals surface area contributed by atoms with Gasteiger partial charge in [0.25, 0.3) is 5.69 Å². The van der Waals surface area contributed by atoms with Gasteiger partial charge in [0.1, 0.15) is 11.4 Å². The molecule has 0 aliphatic rings. The Kier molecular flexibility index (Phi) is 5.75. The summed E-state index contributed by atoms with van der Waals surface area (Å²) in [5.74, 6) is 0.915. The molecule has 0 bridgehead atoms. The molecule has 0 aliphatic carbocycles. The fourth-order valence-electron chi connectivity index (χ4n) is 2.95. The minimum absolute atomic E-state index is 0.0555. The highest BCUT2D eigenvalue weighted by atomic mass is 32.2. The Morgan fingerprint density at radius 2 is 2.00 bits per heavy atom. The smallest absolute Gasteiger partial charge is 0.329 e. The number of para-hydroxylation sites is 1. The molecule has 0 radical (unpaired) electrons. The molecule has 0 amide bonds. The number of hydrogen-bond acceptors (Lipinski definition) is 7. The number of nitro groups is 1. The van der Waals surface area contributed by atoms with Crippen LogP contribution in [0.3, 0.4) is 0 Å². The van der Waals surface area contributed by atoms with Crippen molar-refractivity contribution in [3.63, 3.8) is 0 Å². The number of aromatic nitrogens is 1. The number of nitro benzene ring substituents is 1. The minimum Gasteiger partial charge on any atom is -0.467 e. The number of esters is 1. The van der Waals surface area contributed by atoms with Gasteiger partial charge in [-0.25, -0.2) is 9.78 Å². The summed E-state index contributed by atoms with van der Waals surface area (Å²) in [5, 5.41) is 15.9. The molecule has 27 heavy (non-hydrogen) atoms. The van der Waals surface area contributed by atoms with Crippen molar-refractivity contribution in [1.29, 1.82) is 0 Å². The second-order valence-electron chi connectivity index (χ2n) is 5.81. The highest BCUT2D eigenvalue weighted by Crippen LogP contribution is 2.37. The van der Waals surface area contributed by atoms with Crippen LogP contribution in [0.15, 0.2) is 42.5 Å². The molecule has 8 heteroatoms. The number of rotatable bonds is 7. The van der Waals surface area contributed by atoms with Gasteiger partial charge in [-0.15, -0.1) is 0 Å². The van der Waals surface area contributed by atoms with Gasteiger partial charge in [-0.05, 0) is 17.9 Å². The Balaban J connectivity index is 2.26. The van der Waals surface area contributed by atoms with E-state index >= 15 is 0 Å². The number of nitrogens with zero attached hydrogens (tertiary/aromatic N) is 2. The average molecular weight is 385 g/mol. The molecule has 140 valence electrons. The first-order valence-corrected chi connectivity index (χ1v) is 9.60. The Bertz CT molecular complexity index is 1010. The Morgan fingerprint density at radius 1 is 1.26 bits per heavy atom. The molecule has 0 fully saturated rings. The molecular formula is C19H19N3O4S. The van der Waals surface area contributed by atoms with Crippen LogP contribution in [0, 0.1) is 10.1 Å². The first-order chi connectivity index (χ1) is 13.1. The number of methoxy groups -OCH3 is 1. The molecule has 1 heterocycles. The van der Waals surface area contributed by atoms with E-state index in [1.54, 1.807) is 23.9 Å². The molecule has 1 aromatic heterocycles. The molecule has 0 saturated carbocycles. The largest absolute Gasteiger partial charge is 0.467 e. The van der Waals surface area contributed by atoms with Crippen molar-refractivity contribution in [3.8, 4) is 0 Å². The summed E-state index contributed by atoms with van der Waals surface area (Å²) in [6.07, 6.45) is 0. The lowest BCUT2D eigenvalue weighted by Crippen LogP contribution is -2.33. The lowest BCUT2D eigenvalue weighted by atomic mass is 10.1. The maximum atomic E-state index is 12.3. The van der Waals surface area contributed by atoms with Gasteiger partial charge in [-0.3, -0.25) is 10.1 Å². The maximum Gasteiger partial charge on any atom is 0.329 e. The number of non-ortho nitro benzene ring substituents is 1. The third-order valence-corrected chi connectivity index (χ3v) is 5.15. The summed E-state index contributed by atoms with van der Waals surface area (Å²) in [4.78, 5) is 28.0. The van der Waals surface area contributed by atoms with Gasteiger partial charge >= 0.3 is 5.97 Å². The lowest BCUT2D eigenvalue weighted by molar-refractivity contribution is -0.383. The second kappa shape index (κ2) is 8.22. The number of carbonyl (C=O) groups excluding carboxylic acids is 1. The minimum atomic E-state index is -0.631. The van der Waals surface area contributed by atoms with Crippen molar-refractivity contribution in [2.75, 3.05) is 23.9 Å². The monoisotopic (exact) mass is 385 g/mol. The van der Waals surface area contributed by atoms with Gasteiger partial charge in [0.2, 0.25) is 0 Å². The van der Waals surface area contributed by atoms with Crippen molar-refractivity contribution in [3.05, 3.63) is 52.6 Å². The van der Waals surface area contributed by atoms with Crippen LogP contribution >= 0.6 is 11.8 Å². The van der Waals surface area contributed by atoms with Crippen LogP contribution < -0.4 is 5.32 Å². The predicted molar refractivity (Wildman–Crippen MR) is 108 cm³/mol. The van der Waals surface area contributed by atoms with E-state index in [1.807, 2.05) is 31.2 Å². The van der Waals surface area contributed by atoms with Gasteiger partial charge in [-0.2, -0.15) is 11.8 Å². The van der Waals surface area contributed by atoms with Gasteiger partial charge in [0, 0.05) is 17.2 Å². The molecule has 1 N–H and O–H groups in total. The third-order valence-electron chi connectivity index (χ3n) is 4.17. The maximum absolute atomic E-state index is 12.3. The summed E-state index contributed by atoms with van der Waals surface area (Å²) in [6.45, 7) is 2.00. The van der Waals surface area contributed by atoms with E-state index in [2.05, 4.69) is 10.3 Å². The van der Waals surface area contributed by atoms with E-state index in [4.69, 9.17) is 4.74 Å². The number of carbonyl (C=O) groups is 1. The molecule has 0 spiro atoms. The molecule has 7 nitrogen and oxygen atoms in total. The van der Waals surface area contributed by atoms with Crippen LogP contribution in [-0.2, 0) is 9.53 Å². The number of hydrogen-bond donors (Lipinski definition) is 1. The number of nitrogens with one attached hydrogen (secondary N) is 1.